The van der Waals surface area contributed by atoms with E-state index in [1.54, 1.807) is 0 Å². The Morgan fingerprint density at radius 3 is 2.36 bits per heavy atom. The molecule has 0 amide bonds. The Balaban J connectivity index is 2.31. The zero-order chi connectivity index (χ0) is 16.3. The highest BCUT2D eigenvalue weighted by Gasteiger charge is 2.19. The van der Waals surface area contributed by atoms with E-state index < -0.39 is 32.1 Å². The van der Waals surface area contributed by atoms with Gasteiger partial charge in [-0.05, 0) is 24.3 Å². The first-order chi connectivity index (χ1) is 10.3. The van der Waals surface area contributed by atoms with E-state index in [1.807, 2.05) is 4.98 Å². The number of sulfonamides is 1. The molecule has 0 saturated carbocycles. The van der Waals surface area contributed by atoms with Gasteiger partial charge in [0.25, 0.3) is 15.6 Å². The van der Waals surface area contributed by atoms with Gasteiger partial charge in [-0.25, -0.2) is 18.0 Å². The highest BCUT2D eigenvalue weighted by molar-refractivity contribution is 7.92. The number of hydrogen-bond acceptors (Lipinski definition) is 6. The predicted molar refractivity (Wildman–Crippen MR) is 76.3 cm³/mol. The van der Waals surface area contributed by atoms with Crippen LogP contribution in [-0.4, -0.2) is 31.5 Å². The number of rotatable bonds is 4. The summed E-state index contributed by atoms with van der Waals surface area (Å²) in [7, 11) is -2.96. The Labute approximate surface area is 124 Å². The topological polar surface area (TPSA) is 138 Å². The summed E-state index contributed by atoms with van der Waals surface area (Å²) in [5.41, 5.74) is -1.47. The third-order valence-electron chi connectivity index (χ3n) is 2.63. The van der Waals surface area contributed by atoms with E-state index in [9.17, 15) is 22.8 Å². The van der Waals surface area contributed by atoms with Gasteiger partial charge in [-0.3, -0.25) is 14.5 Å². The van der Waals surface area contributed by atoms with Crippen molar-refractivity contribution in [1.82, 2.24) is 9.97 Å². The number of esters is 1. The molecule has 116 valence electrons. The van der Waals surface area contributed by atoms with E-state index in [2.05, 4.69) is 14.4 Å². The predicted octanol–water partition coefficient (Wildman–Crippen LogP) is -0.349. The maximum atomic E-state index is 12.1. The molecule has 3 N–H and O–H groups in total. The summed E-state index contributed by atoms with van der Waals surface area (Å²) in [5.74, 6) is -0.563. The lowest BCUT2D eigenvalue weighted by Gasteiger charge is -2.07. The summed E-state index contributed by atoms with van der Waals surface area (Å²) in [6.07, 6.45) is 0.798. The lowest BCUT2D eigenvalue weighted by atomic mass is 10.2. The van der Waals surface area contributed by atoms with Crippen LogP contribution in [0.3, 0.4) is 0 Å². The van der Waals surface area contributed by atoms with E-state index in [-0.39, 0.29) is 11.3 Å². The number of anilines is 1. The Morgan fingerprint density at radius 1 is 1.18 bits per heavy atom. The monoisotopic (exact) mass is 325 g/mol. The Morgan fingerprint density at radius 2 is 1.82 bits per heavy atom. The van der Waals surface area contributed by atoms with Gasteiger partial charge in [0.2, 0.25) is 0 Å². The number of nitrogens with one attached hydrogen (secondary N) is 3. The van der Waals surface area contributed by atoms with Gasteiger partial charge in [-0.15, -0.1) is 0 Å². The number of hydrogen-bond donors (Lipinski definition) is 3. The summed E-state index contributed by atoms with van der Waals surface area (Å²) in [6, 6.07) is 5.40. The fraction of sp³-hybridized carbons (Fsp3) is 0.0833. The second kappa shape index (κ2) is 5.85. The van der Waals surface area contributed by atoms with Crippen LogP contribution in [0.25, 0.3) is 0 Å². The fourth-order valence-corrected chi connectivity index (χ4v) is 2.66. The molecular weight excluding hydrogens is 314 g/mol. The van der Waals surface area contributed by atoms with Crippen molar-refractivity contribution in [2.24, 2.45) is 0 Å². The largest absolute Gasteiger partial charge is 0.465 e. The highest BCUT2D eigenvalue weighted by atomic mass is 32.2. The fourth-order valence-electron chi connectivity index (χ4n) is 1.60. The molecule has 0 unspecified atom stereocenters. The second-order valence-corrected chi connectivity index (χ2v) is 5.76. The SMILES string of the molecule is COC(=O)c1ccc(NS(=O)(=O)c2c[nH]c(=O)[nH]c2=O)cc1. The molecule has 0 atom stereocenters. The van der Waals surface area contributed by atoms with Crippen LogP contribution in [0.1, 0.15) is 10.4 Å². The summed E-state index contributed by atoms with van der Waals surface area (Å²) in [6.45, 7) is 0. The first-order valence-corrected chi connectivity index (χ1v) is 7.35. The molecule has 0 bridgehead atoms. The van der Waals surface area contributed by atoms with Crippen molar-refractivity contribution in [2.75, 3.05) is 11.8 Å². The standard InChI is InChI=1S/C12H11N3O6S/c1-21-11(17)7-2-4-8(5-3-7)15-22(19,20)9-6-13-12(18)14-10(9)16/h2-6,15H,1H3,(H2,13,14,16,18). The molecule has 9 nitrogen and oxygen atoms in total. The van der Waals surface area contributed by atoms with Crippen LogP contribution < -0.4 is 16.0 Å². The molecule has 0 radical (unpaired) electrons. The number of ether oxygens (including phenoxy) is 1. The molecule has 1 aromatic heterocycles. The number of benzene rings is 1. The van der Waals surface area contributed by atoms with Crippen molar-refractivity contribution in [3.63, 3.8) is 0 Å². The van der Waals surface area contributed by atoms with Gasteiger partial charge in [0, 0.05) is 11.9 Å². The number of H-pyrrole nitrogens is 2. The van der Waals surface area contributed by atoms with Crippen molar-refractivity contribution < 1.29 is 17.9 Å². The molecular formula is C12H11N3O6S. The minimum Gasteiger partial charge on any atom is -0.465 e. The number of aromatic amines is 2. The van der Waals surface area contributed by atoms with Crippen LogP contribution >= 0.6 is 0 Å². The summed E-state index contributed by atoms with van der Waals surface area (Å²) in [5, 5.41) is 0. The summed E-state index contributed by atoms with van der Waals surface area (Å²) < 4.78 is 30.8. The van der Waals surface area contributed by atoms with Gasteiger partial charge < -0.3 is 9.72 Å². The molecule has 0 aliphatic carbocycles. The quantitative estimate of drug-likeness (QED) is 0.657. The van der Waals surface area contributed by atoms with E-state index in [4.69, 9.17) is 0 Å². The number of carbonyl (C=O) groups is 1. The molecule has 0 aliphatic heterocycles. The van der Waals surface area contributed by atoms with Gasteiger partial charge in [0.15, 0.2) is 4.90 Å². The maximum Gasteiger partial charge on any atom is 0.337 e. The van der Waals surface area contributed by atoms with Crippen molar-refractivity contribution in [2.45, 2.75) is 4.90 Å². The van der Waals surface area contributed by atoms with Gasteiger partial charge in [-0.1, -0.05) is 0 Å². The van der Waals surface area contributed by atoms with E-state index >= 15 is 0 Å². The Kier molecular flexibility index (Phi) is 4.13. The Hall–Kier alpha value is -2.88. The van der Waals surface area contributed by atoms with E-state index in [0.29, 0.717) is 0 Å². The molecule has 0 spiro atoms. The minimum absolute atomic E-state index is 0.137. The number of carbonyl (C=O) groups excluding carboxylic acids is 1. The van der Waals surface area contributed by atoms with Crippen molar-refractivity contribution >= 4 is 21.7 Å². The maximum absolute atomic E-state index is 12.1. The van der Waals surface area contributed by atoms with Crippen LogP contribution in [0.15, 0.2) is 44.9 Å². The summed E-state index contributed by atoms with van der Waals surface area (Å²) >= 11 is 0. The third-order valence-corrected chi connectivity index (χ3v) is 4.02. The molecule has 0 saturated heterocycles. The first kappa shape index (κ1) is 15.5. The van der Waals surface area contributed by atoms with Crippen LogP contribution in [0, 0.1) is 0 Å². The lowest BCUT2D eigenvalue weighted by molar-refractivity contribution is 0.0601. The first-order valence-electron chi connectivity index (χ1n) is 5.87. The van der Waals surface area contributed by atoms with Gasteiger partial charge in [0.1, 0.15) is 0 Å². The molecule has 2 rings (SSSR count). The van der Waals surface area contributed by atoms with Crippen molar-refractivity contribution in [3.05, 3.63) is 56.9 Å². The van der Waals surface area contributed by atoms with Crippen LogP contribution in [0.4, 0.5) is 5.69 Å². The average Bonchev–Trinajstić information content (AvgIpc) is 2.46. The van der Waals surface area contributed by atoms with Crippen molar-refractivity contribution in [1.29, 1.82) is 0 Å². The molecule has 0 fully saturated rings. The third kappa shape index (κ3) is 3.23. The van der Waals surface area contributed by atoms with Gasteiger partial charge in [-0.2, -0.15) is 0 Å². The normalized spacial score (nSPS) is 11.0. The molecule has 0 aliphatic rings. The Bertz CT molecular complexity index is 911. The second-order valence-electron chi connectivity index (χ2n) is 4.11. The lowest BCUT2D eigenvalue weighted by Crippen LogP contribution is -2.29. The molecule has 1 aromatic carbocycles. The van der Waals surface area contributed by atoms with Crippen LogP contribution in [0.5, 0.6) is 0 Å². The van der Waals surface area contributed by atoms with Gasteiger partial charge >= 0.3 is 11.7 Å². The van der Waals surface area contributed by atoms with Crippen LogP contribution in [-0.2, 0) is 14.8 Å². The van der Waals surface area contributed by atoms with Crippen LogP contribution in [0.2, 0.25) is 0 Å². The van der Waals surface area contributed by atoms with Crippen molar-refractivity contribution in [3.8, 4) is 0 Å². The average molecular weight is 325 g/mol. The molecule has 2 aromatic rings. The zero-order valence-corrected chi connectivity index (χ0v) is 12.1. The summed E-state index contributed by atoms with van der Waals surface area (Å²) in [4.78, 5) is 36.9. The minimum atomic E-state index is -4.18. The smallest absolute Gasteiger partial charge is 0.337 e. The number of methoxy groups -OCH3 is 1. The van der Waals surface area contributed by atoms with E-state index in [0.717, 1.165) is 6.20 Å². The van der Waals surface area contributed by atoms with Gasteiger partial charge in [0.05, 0.1) is 12.7 Å². The molecule has 22 heavy (non-hydrogen) atoms. The number of aromatic nitrogens is 2. The van der Waals surface area contributed by atoms with E-state index in [1.165, 1.54) is 31.4 Å². The zero-order valence-electron chi connectivity index (χ0n) is 11.2. The molecule has 1 heterocycles. The highest BCUT2D eigenvalue weighted by Crippen LogP contribution is 2.14. The molecule has 10 heteroatoms.